The summed E-state index contributed by atoms with van der Waals surface area (Å²) in [7, 11) is -2.69. The second kappa shape index (κ2) is 9.98. The van der Waals surface area contributed by atoms with Crippen LogP contribution in [0.1, 0.15) is 11.1 Å². The molecular weight excluding hydrogens is 427 g/mol. The Labute approximate surface area is 187 Å². The minimum atomic E-state index is -4.23. The van der Waals surface area contributed by atoms with Crippen molar-refractivity contribution >= 4 is 18.9 Å². The van der Waals surface area contributed by atoms with Gasteiger partial charge in [0, 0.05) is 0 Å². The fraction of sp³-hybridized carbons (Fsp3) is 0.120. The van der Waals surface area contributed by atoms with E-state index in [4.69, 9.17) is 18.3 Å². The Bertz CT molecular complexity index is 1120. The van der Waals surface area contributed by atoms with E-state index in [0.717, 1.165) is 16.5 Å². The average Bonchev–Trinajstić information content (AvgIpc) is 2.85. The number of fused-ring (bicyclic) bond motifs is 1. The first-order chi connectivity index (χ1) is 15.6. The standard InChI is InChI=1S/C25H25O6P/c1-28-23-16-24(25(26)22-15-9-8-14-21(22)23)31-32(27,29-17-19-10-4-2-5-11-19)30-18-20-12-6-3-7-13-20/h2-16,26-27,32H,17-18H2,1H3. The van der Waals surface area contributed by atoms with Gasteiger partial charge in [-0.05, 0) is 0 Å². The topological polar surface area (TPSA) is 77.4 Å². The number of hydrogen-bond donors (Lipinski definition) is 2. The molecular formula is C25H25O6P. The third-order valence-corrected chi connectivity index (χ3v) is 6.43. The fourth-order valence-corrected chi connectivity index (χ4v) is 4.62. The molecule has 0 radical (unpaired) electrons. The van der Waals surface area contributed by atoms with Crippen molar-refractivity contribution in [2.45, 2.75) is 13.2 Å². The summed E-state index contributed by atoms with van der Waals surface area (Å²) in [6, 6.07) is 27.6. The Morgan fingerprint density at radius 1 is 0.688 bits per heavy atom. The van der Waals surface area contributed by atoms with Gasteiger partial charge in [0.15, 0.2) is 0 Å². The van der Waals surface area contributed by atoms with Gasteiger partial charge in [-0.3, -0.25) is 0 Å². The Kier molecular flexibility index (Phi) is 6.88. The predicted molar refractivity (Wildman–Crippen MR) is 126 cm³/mol. The number of hydrogen-bond acceptors (Lipinski definition) is 6. The van der Waals surface area contributed by atoms with Crippen LogP contribution in [0.4, 0.5) is 0 Å². The first-order valence-corrected chi connectivity index (χ1v) is 11.8. The van der Waals surface area contributed by atoms with Gasteiger partial charge in [0.2, 0.25) is 0 Å². The zero-order valence-electron chi connectivity index (χ0n) is 17.6. The number of phenolic OH excluding ortho intramolecular Hbond substituents is 1. The molecule has 0 aromatic heterocycles. The Morgan fingerprint density at radius 3 is 1.72 bits per heavy atom. The van der Waals surface area contributed by atoms with Crippen LogP contribution in [-0.2, 0) is 22.3 Å². The average molecular weight is 452 g/mol. The predicted octanol–water partition coefficient (Wildman–Crippen LogP) is 5.77. The molecule has 0 spiro atoms. The molecule has 4 aromatic rings. The minimum absolute atomic E-state index is 0.0239. The van der Waals surface area contributed by atoms with Gasteiger partial charge in [-0.2, -0.15) is 0 Å². The molecule has 0 aliphatic heterocycles. The summed E-state index contributed by atoms with van der Waals surface area (Å²) in [6.07, 6.45) is 0. The van der Waals surface area contributed by atoms with Gasteiger partial charge in [-0.15, -0.1) is 0 Å². The molecule has 0 aliphatic rings. The summed E-state index contributed by atoms with van der Waals surface area (Å²) in [5, 5.41) is 12.1. The summed E-state index contributed by atoms with van der Waals surface area (Å²) < 4.78 is 22.9. The molecule has 6 nitrogen and oxygen atoms in total. The maximum atomic E-state index is 11.3. The van der Waals surface area contributed by atoms with Gasteiger partial charge in [0.1, 0.15) is 0 Å². The van der Waals surface area contributed by atoms with Crippen molar-refractivity contribution in [3.05, 3.63) is 102 Å². The molecule has 0 saturated heterocycles. The van der Waals surface area contributed by atoms with E-state index < -0.39 is 8.17 Å². The van der Waals surface area contributed by atoms with Crippen molar-refractivity contribution in [3.63, 3.8) is 0 Å². The molecule has 0 heterocycles. The van der Waals surface area contributed by atoms with E-state index in [-0.39, 0.29) is 24.7 Å². The van der Waals surface area contributed by atoms with E-state index in [1.54, 1.807) is 12.1 Å². The van der Waals surface area contributed by atoms with Crippen LogP contribution in [0.2, 0.25) is 0 Å². The van der Waals surface area contributed by atoms with Crippen molar-refractivity contribution in [1.29, 1.82) is 0 Å². The summed E-state index contributed by atoms with van der Waals surface area (Å²) in [5.41, 5.74) is 1.70. The fourth-order valence-electron chi connectivity index (χ4n) is 3.29. The molecule has 0 aliphatic carbocycles. The molecule has 0 bridgehead atoms. The van der Waals surface area contributed by atoms with Gasteiger partial charge in [-0.1, -0.05) is 0 Å². The molecule has 0 unspecified atom stereocenters. The molecule has 0 amide bonds. The van der Waals surface area contributed by atoms with Gasteiger partial charge >= 0.3 is 187 Å². The number of methoxy groups -OCH3 is 1. The first kappa shape index (κ1) is 22.1. The van der Waals surface area contributed by atoms with Crippen LogP contribution in [-0.4, -0.2) is 17.1 Å². The number of rotatable bonds is 9. The van der Waals surface area contributed by atoms with Crippen LogP contribution >= 0.6 is 8.17 Å². The van der Waals surface area contributed by atoms with Crippen molar-refractivity contribution < 1.29 is 28.3 Å². The van der Waals surface area contributed by atoms with Crippen LogP contribution in [0.15, 0.2) is 91.0 Å². The molecule has 2 N–H and O–H groups in total. The van der Waals surface area contributed by atoms with Gasteiger partial charge < -0.3 is 0 Å². The van der Waals surface area contributed by atoms with E-state index in [9.17, 15) is 10.00 Å². The molecule has 166 valence electrons. The maximum absolute atomic E-state index is 11.3. The Balaban J connectivity index is 1.63. The molecule has 4 rings (SSSR count). The monoisotopic (exact) mass is 452 g/mol. The second-order valence-corrected chi connectivity index (χ2v) is 8.97. The molecule has 0 saturated carbocycles. The summed E-state index contributed by atoms with van der Waals surface area (Å²) in [5.74, 6) is 0.394. The van der Waals surface area contributed by atoms with Crippen LogP contribution in [0.5, 0.6) is 17.2 Å². The van der Waals surface area contributed by atoms with Crippen molar-refractivity contribution in [2.24, 2.45) is 0 Å². The number of aromatic hydroxyl groups is 1. The molecule has 0 atom stereocenters. The van der Waals surface area contributed by atoms with Crippen LogP contribution in [0, 0.1) is 0 Å². The second-order valence-electron chi connectivity index (χ2n) is 7.15. The van der Waals surface area contributed by atoms with Gasteiger partial charge in [-0.25, -0.2) is 0 Å². The summed E-state index contributed by atoms with van der Waals surface area (Å²) in [4.78, 5) is 11.3. The van der Waals surface area contributed by atoms with Crippen LogP contribution in [0.25, 0.3) is 10.8 Å². The van der Waals surface area contributed by atoms with E-state index in [0.29, 0.717) is 11.1 Å². The van der Waals surface area contributed by atoms with Crippen LogP contribution < -0.4 is 9.26 Å². The molecule has 7 heteroatoms. The van der Waals surface area contributed by atoms with E-state index in [1.165, 1.54) is 13.2 Å². The van der Waals surface area contributed by atoms with Gasteiger partial charge in [0.05, 0.1) is 0 Å². The third-order valence-electron chi connectivity index (χ3n) is 4.93. The van der Waals surface area contributed by atoms with Gasteiger partial charge in [0.25, 0.3) is 0 Å². The molecule has 4 aromatic carbocycles. The van der Waals surface area contributed by atoms with E-state index in [2.05, 4.69) is 0 Å². The van der Waals surface area contributed by atoms with Crippen molar-refractivity contribution in [3.8, 4) is 17.2 Å². The molecule has 32 heavy (non-hydrogen) atoms. The SMILES string of the molecule is COc1cc(O[PH](O)(OCc2ccccc2)OCc2ccccc2)c(O)c2ccccc12. The number of ether oxygens (including phenoxy) is 1. The number of phenols is 1. The zero-order chi connectivity index (χ0) is 22.4. The Hall–Kier alpha value is -3.15. The summed E-state index contributed by atoms with van der Waals surface area (Å²) in [6.45, 7) is 0.174. The zero-order valence-corrected chi connectivity index (χ0v) is 18.6. The van der Waals surface area contributed by atoms with Crippen molar-refractivity contribution in [1.82, 2.24) is 0 Å². The molecule has 0 fully saturated rings. The van der Waals surface area contributed by atoms with E-state index >= 15 is 0 Å². The Morgan fingerprint density at radius 2 is 1.19 bits per heavy atom. The van der Waals surface area contributed by atoms with E-state index in [1.807, 2.05) is 72.8 Å². The van der Waals surface area contributed by atoms with Crippen LogP contribution in [0.3, 0.4) is 0 Å². The normalized spacial score (nSPS) is 11.9. The quantitative estimate of drug-likeness (QED) is 0.314. The third kappa shape index (κ3) is 5.18. The first-order valence-electron chi connectivity index (χ1n) is 10.1. The van der Waals surface area contributed by atoms with Crippen molar-refractivity contribution in [2.75, 3.05) is 7.11 Å². The summed E-state index contributed by atoms with van der Waals surface area (Å²) >= 11 is 0. The number of benzene rings is 4.